The molecule has 0 aliphatic carbocycles. The Bertz CT molecular complexity index is 917. The van der Waals surface area contributed by atoms with Crippen LogP contribution in [-0.4, -0.2) is 4.92 Å². The van der Waals surface area contributed by atoms with Gasteiger partial charge in [-0.05, 0) is 24.3 Å². The number of benzene rings is 2. The van der Waals surface area contributed by atoms with Crippen molar-refractivity contribution in [3.63, 3.8) is 0 Å². The van der Waals surface area contributed by atoms with E-state index in [1.165, 1.54) is 18.2 Å². The second kappa shape index (κ2) is 5.03. The standard InChI is InChI=1S/C15H8ClNO4/c16-10-5-6-11(13(8-10)17(19)20)12-7-9-3-1-2-4-14(9)21-15(12)18/h1-8H. The van der Waals surface area contributed by atoms with Crippen molar-refractivity contribution in [3.05, 3.63) is 74.1 Å². The van der Waals surface area contributed by atoms with Gasteiger partial charge in [-0.15, -0.1) is 0 Å². The molecule has 1 heterocycles. The third-order valence-corrected chi connectivity index (χ3v) is 3.32. The lowest BCUT2D eigenvalue weighted by atomic mass is 10.0. The number of hydrogen-bond donors (Lipinski definition) is 0. The largest absolute Gasteiger partial charge is 0.422 e. The maximum Gasteiger partial charge on any atom is 0.344 e. The van der Waals surface area contributed by atoms with Crippen molar-refractivity contribution in [1.29, 1.82) is 0 Å². The van der Waals surface area contributed by atoms with Gasteiger partial charge in [0, 0.05) is 16.5 Å². The Kier molecular flexibility index (Phi) is 3.19. The first-order valence-electron chi connectivity index (χ1n) is 6.03. The van der Waals surface area contributed by atoms with Gasteiger partial charge in [0.25, 0.3) is 5.69 Å². The molecular weight excluding hydrogens is 294 g/mol. The molecule has 0 aliphatic heterocycles. The summed E-state index contributed by atoms with van der Waals surface area (Å²) in [5.74, 6) is 0. The summed E-state index contributed by atoms with van der Waals surface area (Å²) in [6.45, 7) is 0. The van der Waals surface area contributed by atoms with Crippen molar-refractivity contribution in [1.82, 2.24) is 0 Å². The van der Waals surface area contributed by atoms with E-state index < -0.39 is 10.5 Å². The van der Waals surface area contributed by atoms with E-state index >= 15 is 0 Å². The van der Waals surface area contributed by atoms with Gasteiger partial charge >= 0.3 is 5.63 Å². The fourth-order valence-corrected chi connectivity index (χ4v) is 2.30. The van der Waals surface area contributed by atoms with Crippen LogP contribution in [0.5, 0.6) is 0 Å². The topological polar surface area (TPSA) is 73.3 Å². The molecule has 21 heavy (non-hydrogen) atoms. The summed E-state index contributed by atoms with van der Waals surface area (Å²) in [4.78, 5) is 22.6. The number of hydrogen-bond acceptors (Lipinski definition) is 4. The van der Waals surface area contributed by atoms with Crippen molar-refractivity contribution in [2.75, 3.05) is 0 Å². The molecule has 5 nitrogen and oxygen atoms in total. The lowest BCUT2D eigenvalue weighted by Crippen LogP contribution is -2.04. The third kappa shape index (κ3) is 2.39. The van der Waals surface area contributed by atoms with E-state index in [2.05, 4.69) is 0 Å². The maximum absolute atomic E-state index is 12.1. The summed E-state index contributed by atoms with van der Waals surface area (Å²) in [7, 11) is 0. The van der Waals surface area contributed by atoms with Crippen molar-refractivity contribution in [2.45, 2.75) is 0 Å². The first-order chi connectivity index (χ1) is 10.1. The smallest absolute Gasteiger partial charge is 0.344 e. The Morgan fingerprint density at radius 2 is 1.81 bits per heavy atom. The van der Waals surface area contributed by atoms with E-state index in [9.17, 15) is 14.9 Å². The highest BCUT2D eigenvalue weighted by atomic mass is 35.5. The van der Waals surface area contributed by atoms with E-state index in [0.717, 1.165) is 0 Å². The number of nitro groups is 1. The molecule has 0 fully saturated rings. The molecule has 0 aliphatic rings. The lowest BCUT2D eigenvalue weighted by Gasteiger charge is -2.04. The predicted molar refractivity (Wildman–Crippen MR) is 79.6 cm³/mol. The van der Waals surface area contributed by atoms with Crippen molar-refractivity contribution in [2.24, 2.45) is 0 Å². The SMILES string of the molecule is O=c1oc2ccccc2cc1-c1ccc(Cl)cc1[N+](=O)[O-]. The van der Waals surface area contributed by atoms with E-state index in [-0.39, 0.29) is 21.8 Å². The summed E-state index contributed by atoms with van der Waals surface area (Å²) >= 11 is 5.78. The molecular formula is C15H8ClNO4. The molecule has 3 rings (SSSR count). The second-order valence-corrected chi connectivity index (χ2v) is 4.84. The Balaban J connectivity index is 2.33. The number of halogens is 1. The van der Waals surface area contributed by atoms with Gasteiger partial charge < -0.3 is 4.42 Å². The lowest BCUT2D eigenvalue weighted by molar-refractivity contribution is -0.384. The molecule has 104 valence electrons. The van der Waals surface area contributed by atoms with Gasteiger partial charge in [-0.1, -0.05) is 29.8 Å². The molecule has 1 aromatic heterocycles. The molecule has 0 bridgehead atoms. The molecule has 0 atom stereocenters. The molecule has 0 saturated carbocycles. The molecule has 0 spiro atoms. The van der Waals surface area contributed by atoms with Crippen LogP contribution in [0, 0.1) is 10.1 Å². The zero-order valence-electron chi connectivity index (χ0n) is 10.6. The van der Waals surface area contributed by atoms with Gasteiger partial charge in [0.05, 0.1) is 16.1 Å². The van der Waals surface area contributed by atoms with Crippen molar-refractivity contribution >= 4 is 28.3 Å². The second-order valence-electron chi connectivity index (χ2n) is 4.40. The van der Waals surface area contributed by atoms with Crippen LogP contribution in [0.2, 0.25) is 5.02 Å². The van der Waals surface area contributed by atoms with E-state index in [1.807, 2.05) is 0 Å². The van der Waals surface area contributed by atoms with Gasteiger partial charge in [-0.3, -0.25) is 10.1 Å². The Labute approximate surface area is 123 Å². The summed E-state index contributed by atoms with van der Waals surface area (Å²) in [6.07, 6.45) is 0. The van der Waals surface area contributed by atoms with Crippen molar-refractivity contribution in [3.8, 4) is 11.1 Å². The van der Waals surface area contributed by atoms with E-state index in [1.54, 1.807) is 30.3 Å². The number of nitrogens with zero attached hydrogens (tertiary/aromatic N) is 1. The van der Waals surface area contributed by atoms with Crippen LogP contribution in [0.1, 0.15) is 0 Å². The van der Waals surface area contributed by atoms with E-state index in [4.69, 9.17) is 16.0 Å². The summed E-state index contributed by atoms with van der Waals surface area (Å²) in [5, 5.41) is 12.1. The van der Waals surface area contributed by atoms with Crippen LogP contribution in [0.4, 0.5) is 5.69 Å². The summed E-state index contributed by atoms with van der Waals surface area (Å²) in [6, 6.07) is 12.7. The average Bonchev–Trinajstić information content (AvgIpc) is 2.46. The summed E-state index contributed by atoms with van der Waals surface area (Å²) in [5.41, 5.74) is -0.104. The minimum Gasteiger partial charge on any atom is -0.422 e. The zero-order chi connectivity index (χ0) is 15.0. The van der Waals surface area contributed by atoms with Crippen LogP contribution in [0.25, 0.3) is 22.1 Å². The molecule has 0 radical (unpaired) electrons. The highest BCUT2D eigenvalue weighted by Crippen LogP contribution is 2.31. The minimum atomic E-state index is -0.626. The van der Waals surface area contributed by atoms with Gasteiger partial charge in [-0.2, -0.15) is 0 Å². The molecule has 0 unspecified atom stereocenters. The fraction of sp³-hybridized carbons (Fsp3) is 0. The Morgan fingerprint density at radius 3 is 2.57 bits per heavy atom. The first kappa shape index (κ1) is 13.3. The average molecular weight is 302 g/mol. The molecule has 3 aromatic rings. The number of fused-ring (bicyclic) bond motifs is 1. The van der Waals surface area contributed by atoms with Crippen LogP contribution >= 0.6 is 11.6 Å². The van der Waals surface area contributed by atoms with Gasteiger partial charge in [0.15, 0.2) is 0 Å². The molecule has 2 aromatic carbocycles. The van der Waals surface area contributed by atoms with Gasteiger partial charge in [-0.25, -0.2) is 4.79 Å². The maximum atomic E-state index is 12.1. The summed E-state index contributed by atoms with van der Waals surface area (Å²) < 4.78 is 5.20. The molecule has 0 saturated heterocycles. The Morgan fingerprint density at radius 1 is 1.05 bits per heavy atom. The monoisotopic (exact) mass is 301 g/mol. The van der Waals surface area contributed by atoms with E-state index in [0.29, 0.717) is 11.0 Å². The fourth-order valence-electron chi connectivity index (χ4n) is 2.13. The third-order valence-electron chi connectivity index (χ3n) is 3.09. The molecule has 6 heteroatoms. The van der Waals surface area contributed by atoms with Crippen LogP contribution in [0.15, 0.2) is 57.7 Å². The molecule has 0 amide bonds. The van der Waals surface area contributed by atoms with Crippen LogP contribution in [-0.2, 0) is 0 Å². The quantitative estimate of drug-likeness (QED) is 0.407. The number of nitro benzene ring substituents is 1. The zero-order valence-corrected chi connectivity index (χ0v) is 11.3. The number of para-hydroxylation sites is 1. The molecule has 0 N–H and O–H groups in total. The predicted octanol–water partition coefficient (Wildman–Crippen LogP) is 4.02. The van der Waals surface area contributed by atoms with Crippen molar-refractivity contribution < 1.29 is 9.34 Å². The van der Waals surface area contributed by atoms with Gasteiger partial charge in [0.1, 0.15) is 5.58 Å². The normalized spacial score (nSPS) is 10.7. The van der Waals surface area contributed by atoms with Crippen LogP contribution in [0.3, 0.4) is 0 Å². The highest BCUT2D eigenvalue weighted by Gasteiger charge is 2.19. The highest BCUT2D eigenvalue weighted by molar-refractivity contribution is 6.30. The van der Waals surface area contributed by atoms with Gasteiger partial charge in [0.2, 0.25) is 0 Å². The van der Waals surface area contributed by atoms with Crippen LogP contribution < -0.4 is 5.63 Å². The Hall–Kier alpha value is -2.66. The first-order valence-corrected chi connectivity index (χ1v) is 6.41. The minimum absolute atomic E-state index is 0.136. The number of rotatable bonds is 2.